The molecule has 0 aliphatic carbocycles. The lowest BCUT2D eigenvalue weighted by atomic mass is 9.97. The Hall–Kier alpha value is -1.53. The molecule has 7 heteroatoms. The van der Waals surface area contributed by atoms with Crippen LogP contribution in [0.3, 0.4) is 0 Å². The summed E-state index contributed by atoms with van der Waals surface area (Å²) in [7, 11) is 0. The van der Waals surface area contributed by atoms with Crippen LogP contribution in [0.1, 0.15) is 24.0 Å². The van der Waals surface area contributed by atoms with Crippen molar-refractivity contribution in [2.75, 3.05) is 19.6 Å². The molecule has 2 N–H and O–H groups in total. The molecular formula is C16H18ClF3N2O. The molecule has 0 aromatic heterocycles. The minimum absolute atomic E-state index is 0.205. The summed E-state index contributed by atoms with van der Waals surface area (Å²) in [6.07, 6.45) is -0.130. The molecule has 0 spiro atoms. The van der Waals surface area contributed by atoms with E-state index in [4.69, 9.17) is 17.3 Å². The van der Waals surface area contributed by atoms with Gasteiger partial charge in [0.1, 0.15) is 0 Å². The molecular weight excluding hydrogens is 329 g/mol. The smallest absolute Gasteiger partial charge is 0.339 e. The molecule has 1 amide bonds. The van der Waals surface area contributed by atoms with Gasteiger partial charge in [-0.15, -0.1) is 0 Å². The molecule has 3 nitrogen and oxygen atoms in total. The maximum atomic E-state index is 12.8. The number of halogens is 4. The summed E-state index contributed by atoms with van der Waals surface area (Å²) in [5.74, 6) is 0.234. The van der Waals surface area contributed by atoms with Crippen LogP contribution in [0.4, 0.5) is 13.2 Å². The van der Waals surface area contributed by atoms with Crippen LogP contribution in [0.25, 0.3) is 6.08 Å². The van der Waals surface area contributed by atoms with Gasteiger partial charge < -0.3 is 10.6 Å². The number of nitrogens with zero attached hydrogens (tertiary/aromatic N) is 1. The van der Waals surface area contributed by atoms with Crippen molar-refractivity contribution in [3.05, 3.63) is 40.4 Å². The van der Waals surface area contributed by atoms with Crippen molar-refractivity contribution in [2.45, 2.75) is 19.0 Å². The monoisotopic (exact) mass is 346 g/mol. The molecule has 1 aliphatic heterocycles. The Bertz CT molecular complexity index is 593. The molecule has 23 heavy (non-hydrogen) atoms. The number of likely N-dealkylation sites (tertiary alicyclic amines) is 1. The molecule has 1 aliphatic rings. The molecule has 0 unspecified atom stereocenters. The van der Waals surface area contributed by atoms with E-state index in [-0.39, 0.29) is 16.5 Å². The van der Waals surface area contributed by atoms with Crippen molar-refractivity contribution in [1.82, 2.24) is 4.90 Å². The van der Waals surface area contributed by atoms with Crippen LogP contribution >= 0.6 is 11.6 Å². The maximum Gasteiger partial charge on any atom is 0.417 e. The van der Waals surface area contributed by atoms with E-state index in [1.165, 1.54) is 24.3 Å². The third kappa shape index (κ3) is 4.72. The topological polar surface area (TPSA) is 46.3 Å². The fourth-order valence-electron chi connectivity index (χ4n) is 2.53. The van der Waals surface area contributed by atoms with Crippen LogP contribution in [0.15, 0.2) is 24.3 Å². The number of carbonyl (C=O) groups excluding carboxylic acids is 1. The van der Waals surface area contributed by atoms with Crippen LogP contribution < -0.4 is 5.73 Å². The summed E-state index contributed by atoms with van der Waals surface area (Å²) in [5, 5.41) is -0.357. The van der Waals surface area contributed by atoms with Gasteiger partial charge in [0.25, 0.3) is 0 Å². The Morgan fingerprint density at radius 3 is 2.57 bits per heavy atom. The number of rotatable bonds is 3. The molecule has 1 aromatic rings. The zero-order valence-electron chi connectivity index (χ0n) is 12.4. The zero-order valence-corrected chi connectivity index (χ0v) is 13.2. The predicted octanol–water partition coefficient (Wildman–Crippen LogP) is 3.57. The van der Waals surface area contributed by atoms with E-state index in [9.17, 15) is 18.0 Å². The highest BCUT2D eigenvalue weighted by atomic mass is 35.5. The number of piperidine rings is 1. The van der Waals surface area contributed by atoms with Crippen molar-refractivity contribution >= 4 is 23.6 Å². The summed E-state index contributed by atoms with van der Waals surface area (Å²) < 4.78 is 38.4. The Morgan fingerprint density at radius 1 is 1.35 bits per heavy atom. The lowest BCUT2D eigenvalue weighted by molar-refractivity contribution is -0.137. The lowest BCUT2D eigenvalue weighted by Crippen LogP contribution is -2.39. The molecule has 1 aromatic carbocycles. The first-order valence-electron chi connectivity index (χ1n) is 7.35. The largest absolute Gasteiger partial charge is 0.417 e. The van der Waals surface area contributed by atoms with Crippen molar-refractivity contribution in [3.8, 4) is 0 Å². The van der Waals surface area contributed by atoms with E-state index in [2.05, 4.69) is 0 Å². The van der Waals surface area contributed by atoms with Crippen molar-refractivity contribution in [1.29, 1.82) is 0 Å². The van der Waals surface area contributed by atoms with E-state index in [0.29, 0.717) is 25.6 Å². The van der Waals surface area contributed by atoms with Gasteiger partial charge in [0.2, 0.25) is 5.91 Å². The predicted molar refractivity (Wildman–Crippen MR) is 83.8 cm³/mol. The van der Waals surface area contributed by atoms with Gasteiger partial charge in [-0.2, -0.15) is 13.2 Å². The van der Waals surface area contributed by atoms with Crippen molar-refractivity contribution < 1.29 is 18.0 Å². The fourth-order valence-corrected chi connectivity index (χ4v) is 2.75. The highest BCUT2D eigenvalue weighted by Gasteiger charge is 2.33. The number of hydrogen-bond donors (Lipinski definition) is 1. The number of hydrogen-bond acceptors (Lipinski definition) is 2. The molecule has 1 saturated heterocycles. The van der Waals surface area contributed by atoms with Crippen molar-refractivity contribution in [3.63, 3.8) is 0 Å². The molecule has 0 radical (unpaired) electrons. The van der Waals surface area contributed by atoms with Crippen molar-refractivity contribution in [2.24, 2.45) is 11.7 Å². The standard InChI is InChI=1S/C16H18ClF3N2O/c17-14-3-1-11(9-13(14)16(18,19)20)2-4-15(23)22-7-5-12(10-21)6-8-22/h1-4,9,12H,5-8,10,21H2/b4-2+. The van der Waals surface area contributed by atoms with Gasteiger partial charge in [-0.1, -0.05) is 17.7 Å². The number of alkyl halides is 3. The number of benzene rings is 1. The lowest BCUT2D eigenvalue weighted by Gasteiger charge is -2.30. The summed E-state index contributed by atoms with van der Waals surface area (Å²) >= 11 is 5.56. The summed E-state index contributed by atoms with van der Waals surface area (Å²) in [5.41, 5.74) is 4.98. The minimum Gasteiger partial charge on any atom is -0.339 e. The summed E-state index contributed by atoms with van der Waals surface area (Å²) in [6.45, 7) is 1.86. The van der Waals surface area contributed by atoms with Gasteiger partial charge in [0, 0.05) is 19.2 Å². The second kappa shape index (κ2) is 7.36. The van der Waals surface area contributed by atoms with Gasteiger partial charge >= 0.3 is 6.18 Å². The first kappa shape index (κ1) is 17.8. The highest BCUT2D eigenvalue weighted by Crippen LogP contribution is 2.35. The van der Waals surface area contributed by atoms with Gasteiger partial charge in [-0.05, 0) is 49.1 Å². The van der Waals surface area contributed by atoms with Crippen LogP contribution in [-0.2, 0) is 11.0 Å². The zero-order chi connectivity index (χ0) is 17.0. The molecule has 126 valence electrons. The molecule has 0 bridgehead atoms. The number of carbonyl (C=O) groups is 1. The Labute approximate surface area is 137 Å². The van der Waals surface area contributed by atoms with Gasteiger partial charge in [0.15, 0.2) is 0 Å². The van der Waals surface area contributed by atoms with E-state index in [1.807, 2.05) is 0 Å². The quantitative estimate of drug-likeness (QED) is 0.850. The fraction of sp³-hybridized carbons (Fsp3) is 0.438. The Morgan fingerprint density at radius 2 is 2.00 bits per heavy atom. The molecule has 0 atom stereocenters. The van der Waals surface area contributed by atoms with Crippen LogP contribution in [0.2, 0.25) is 5.02 Å². The molecule has 2 rings (SSSR count). The van der Waals surface area contributed by atoms with E-state index < -0.39 is 11.7 Å². The van der Waals surface area contributed by atoms with Gasteiger partial charge in [0.05, 0.1) is 10.6 Å². The second-order valence-electron chi connectivity index (χ2n) is 5.57. The summed E-state index contributed by atoms with van der Waals surface area (Å²) in [4.78, 5) is 13.8. The van der Waals surface area contributed by atoms with E-state index in [0.717, 1.165) is 18.9 Å². The van der Waals surface area contributed by atoms with Crippen LogP contribution in [0.5, 0.6) is 0 Å². The van der Waals surface area contributed by atoms with E-state index in [1.54, 1.807) is 4.90 Å². The number of amides is 1. The van der Waals surface area contributed by atoms with Gasteiger partial charge in [-0.3, -0.25) is 4.79 Å². The minimum atomic E-state index is -4.52. The third-order valence-electron chi connectivity index (χ3n) is 3.97. The second-order valence-corrected chi connectivity index (χ2v) is 5.98. The third-order valence-corrected chi connectivity index (χ3v) is 4.30. The Balaban J connectivity index is 2.04. The molecule has 1 fully saturated rings. The van der Waals surface area contributed by atoms with E-state index >= 15 is 0 Å². The SMILES string of the molecule is NCC1CCN(C(=O)/C=C/c2ccc(Cl)c(C(F)(F)F)c2)CC1. The maximum absolute atomic E-state index is 12.8. The summed E-state index contributed by atoms with van der Waals surface area (Å²) in [6, 6.07) is 3.57. The Kier molecular flexibility index (Phi) is 5.70. The molecule has 0 saturated carbocycles. The average Bonchev–Trinajstić information content (AvgIpc) is 2.52. The number of nitrogens with two attached hydrogens (primary N) is 1. The highest BCUT2D eigenvalue weighted by molar-refractivity contribution is 6.31. The normalized spacial score (nSPS) is 17.0. The van der Waals surface area contributed by atoms with Crippen LogP contribution in [0, 0.1) is 5.92 Å². The molecule has 1 heterocycles. The first-order chi connectivity index (χ1) is 10.8. The van der Waals surface area contributed by atoms with Crippen LogP contribution in [-0.4, -0.2) is 30.4 Å². The average molecular weight is 347 g/mol. The van der Waals surface area contributed by atoms with Gasteiger partial charge in [-0.25, -0.2) is 0 Å². The first-order valence-corrected chi connectivity index (χ1v) is 7.73.